The molecule has 1 aromatic carbocycles. The molecular formula is C10H11F3N2O. The van der Waals surface area contributed by atoms with Crippen molar-refractivity contribution in [3.8, 4) is 5.75 Å². The van der Waals surface area contributed by atoms with Gasteiger partial charge < -0.3 is 15.8 Å². The number of hydrogen-bond acceptors (Lipinski definition) is 3. The van der Waals surface area contributed by atoms with Gasteiger partial charge in [0.15, 0.2) is 5.75 Å². The van der Waals surface area contributed by atoms with Gasteiger partial charge in [0.05, 0.1) is 23.0 Å². The average Bonchev–Trinajstić information content (AvgIpc) is 2.15. The van der Waals surface area contributed by atoms with Crippen LogP contribution in [0.1, 0.15) is 12.5 Å². The molecule has 1 aliphatic heterocycles. The molecule has 6 heteroatoms. The Morgan fingerprint density at radius 1 is 1.44 bits per heavy atom. The molecule has 0 radical (unpaired) electrons. The first-order valence-corrected chi connectivity index (χ1v) is 4.78. The lowest BCUT2D eigenvalue weighted by Gasteiger charge is -2.26. The third-order valence-corrected chi connectivity index (χ3v) is 2.32. The third kappa shape index (κ3) is 1.87. The third-order valence-electron chi connectivity index (χ3n) is 2.32. The number of nitrogens with one attached hydrogen (secondary N) is 1. The number of ether oxygens (including phenoxy) is 1. The van der Waals surface area contributed by atoms with Gasteiger partial charge in [0.25, 0.3) is 0 Å². The Balaban J connectivity index is 2.48. The smallest absolute Gasteiger partial charge is 0.416 e. The van der Waals surface area contributed by atoms with Gasteiger partial charge in [-0.15, -0.1) is 0 Å². The number of rotatable bonds is 0. The van der Waals surface area contributed by atoms with Gasteiger partial charge in [-0.1, -0.05) is 0 Å². The van der Waals surface area contributed by atoms with E-state index in [9.17, 15) is 13.2 Å². The number of benzene rings is 1. The SMILES string of the molecule is CC1COc2c(N)cc(C(F)(F)F)cc2N1. The monoisotopic (exact) mass is 232 g/mol. The molecule has 3 nitrogen and oxygen atoms in total. The largest absolute Gasteiger partial charge is 0.487 e. The van der Waals surface area contributed by atoms with Crippen LogP contribution in [0.25, 0.3) is 0 Å². The molecular weight excluding hydrogens is 221 g/mol. The van der Waals surface area contributed by atoms with Crippen molar-refractivity contribution in [3.63, 3.8) is 0 Å². The van der Waals surface area contributed by atoms with Gasteiger partial charge in [0.2, 0.25) is 0 Å². The number of alkyl halides is 3. The van der Waals surface area contributed by atoms with E-state index >= 15 is 0 Å². The van der Waals surface area contributed by atoms with E-state index in [1.165, 1.54) is 0 Å². The molecule has 0 aliphatic carbocycles. The number of halogens is 3. The van der Waals surface area contributed by atoms with Crippen molar-refractivity contribution in [2.24, 2.45) is 0 Å². The molecule has 88 valence electrons. The molecule has 1 heterocycles. The summed E-state index contributed by atoms with van der Waals surface area (Å²) in [6.07, 6.45) is -4.40. The topological polar surface area (TPSA) is 47.3 Å². The Morgan fingerprint density at radius 2 is 2.12 bits per heavy atom. The second kappa shape index (κ2) is 3.47. The van der Waals surface area contributed by atoms with Crippen LogP contribution in [0.5, 0.6) is 5.75 Å². The summed E-state index contributed by atoms with van der Waals surface area (Å²) in [5.41, 5.74) is 5.05. The highest BCUT2D eigenvalue weighted by molar-refractivity contribution is 5.72. The van der Waals surface area contributed by atoms with Crippen LogP contribution in [0.4, 0.5) is 24.5 Å². The summed E-state index contributed by atoms with van der Waals surface area (Å²) < 4.78 is 42.8. The molecule has 1 aromatic rings. The zero-order valence-electron chi connectivity index (χ0n) is 8.56. The summed E-state index contributed by atoms with van der Waals surface area (Å²) >= 11 is 0. The lowest BCUT2D eigenvalue weighted by atomic mass is 10.1. The van der Waals surface area contributed by atoms with Gasteiger partial charge in [0, 0.05) is 0 Å². The summed E-state index contributed by atoms with van der Waals surface area (Å²) in [5.74, 6) is 0.297. The minimum absolute atomic E-state index is 0.00391. The van der Waals surface area contributed by atoms with E-state index in [1.54, 1.807) is 0 Å². The summed E-state index contributed by atoms with van der Waals surface area (Å²) in [7, 11) is 0. The van der Waals surface area contributed by atoms with E-state index in [-0.39, 0.29) is 11.7 Å². The van der Waals surface area contributed by atoms with Crippen molar-refractivity contribution in [1.82, 2.24) is 0 Å². The van der Waals surface area contributed by atoms with Crippen LogP contribution in [-0.4, -0.2) is 12.6 Å². The van der Waals surface area contributed by atoms with Crippen molar-refractivity contribution in [2.75, 3.05) is 17.7 Å². The Labute approximate surface area is 90.4 Å². The lowest BCUT2D eigenvalue weighted by molar-refractivity contribution is -0.137. The summed E-state index contributed by atoms with van der Waals surface area (Å²) in [6, 6.07) is 1.87. The molecule has 1 aliphatic rings. The van der Waals surface area contributed by atoms with E-state index in [0.717, 1.165) is 12.1 Å². The van der Waals surface area contributed by atoms with Crippen LogP contribution in [0.2, 0.25) is 0 Å². The van der Waals surface area contributed by atoms with Crippen LogP contribution < -0.4 is 15.8 Å². The van der Waals surface area contributed by atoms with Gasteiger partial charge in [-0.2, -0.15) is 13.2 Å². The Morgan fingerprint density at radius 3 is 2.75 bits per heavy atom. The zero-order chi connectivity index (χ0) is 11.9. The van der Waals surface area contributed by atoms with Crippen molar-refractivity contribution in [2.45, 2.75) is 19.1 Å². The lowest BCUT2D eigenvalue weighted by Crippen LogP contribution is -2.29. The van der Waals surface area contributed by atoms with E-state index in [4.69, 9.17) is 10.5 Å². The minimum atomic E-state index is -4.40. The number of nitrogens with two attached hydrogens (primary N) is 1. The molecule has 1 atom stereocenters. The van der Waals surface area contributed by atoms with Crippen LogP contribution in [0, 0.1) is 0 Å². The van der Waals surface area contributed by atoms with Gasteiger partial charge >= 0.3 is 6.18 Å². The second-order valence-electron chi connectivity index (χ2n) is 3.80. The van der Waals surface area contributed by atoms with Crippen molar-refractivity contribution in [1.29, 1.82) is 0 Å². The Bertz CT molecular complexity index is 417. The van der Waals surface area contributed by atoms with E-state index in [1.807, 2.05) is 6.92 Å². The molecule has 0 amide bonds. The highest BCUT2D eigenvalue weighted by Crippen LogP contribution is 2.40. The van der Waals surface area contributed by atoms with Crippen LogP contribution in [0.15, 0.2) is 12.1 Å². The molecule has 2 rings (SSSR count). The second-order valence-corrected chi connectivity index (χ2v) is 3.80. The number of fused-ring (bicyclic) bond motifs is 1. The Hall–Kier alpha value is -1.59. The van der Waals surface area contributed by atoms with Crippen molar-refractivity contribution >= 4 is 11.4 Å². The Kier molecular flexibility index (Phi) is 2.36. The highest BCUT2D eigenvalue weighted by atomic mass is 19.4. The first kappa shape index (κ1) is 10.9. The fraction of sp³-hybridized carbons (Fsp3) is 0.400. The summed E-state index contributed by atoms with van der Waals surface area (Å²) in [5, 5.41) is 2.91. The van der Waals surface area contributed by atoms with Gasteiger partial charge in [0.1, 0.15) is 6.61 Å². The van der Waals surface area contributed by atoms with Crippen molar-refractivity contribution < 1.29 is 17.9 Å². The van der Waals surface area contributed by atoms with Crippen molar-refractivity contribution in [3.05, 3.63) is 17.7 Å². The molecule has 0 saturated carbocycles. The maximum atomic E-state index is 12.5. The van der Waals surface area contributed by atoms with Crippen LogP contribution >= 0.6 is 0 Å². The van der Waals surface area contributed by atoms with E-state index in [2.05, 4.69) is 5.32 Å². The van der Waals surface area contributed by atoms with Gasteiger partial charge in [-0.05, 0) is 19.1 Å². The van der Waals surface area contributed by atoms with Crippen LogP contribution in [0.3, 0.4) is 0 Å². The zero-order valence-corrected chi connectivity index (χ0v) is 8.56. The fourth-order valence-corrected chi connectivity index (χ4v) is 1.60. The van der Waals surface area contributed by atoms with Gasteiger partial charge in [-0.3, -0.25) is 0 Å². The minimum Gasteiger partial charge on any atom is -0.487 e. The average molecular weight is 232 g/mol. The predicted molar refractivity (Wildman–Crippen MR) is 54.4 cm³/mol. The molecule has 0 aromatic heterocycles. The quantitative estimate of drug-likeness (QED) is 0.675. The highest BCUT2D eigenvalue weighted by Gasteiger charge is 2.33. The van der Waals surface area contributed by atoms with Crippen LogP contribution in [-0.2, 0) is 6.18 Å². The van der Waals surface area contributed by atoms with E-state index in [0.29, 0.717) is 18.0 Å². The van der Waals surface area contributed by atoms with E-state index < -0.39 is 11.7 Å². The molecule has 0 fully saturated rings. The first-order valence-electron chi connectivity index (χ1n) is 4.78. The molecule has 3 N–H and O–H groups in total. The predicted octanol–water partition coefficient (Wildman–Crippen LogP) is 2.48. The molecule has 16 heavy (non-hydrogen) atoms. The summed E-state index contributed by atoms with van der Waals surface area (Å²) in [6.45, 7) is 2.21. The number of nitrogen functional groups attached to an aromatic ring is 1. The summed E-state index contributed by atoms with van der Waals surface area (Å²) in [4.78, 5) is 0. The number of anilines is 2. The maximum absolute atomic E-state index is 12.5. The van der Waals surface area contributed by atoms with Gasteiger partial charge in [-0.25, -0.2) is 0 Å². The molecule has 1 unspecified atom stereocenters. The standard InChI is InChI=1S/C10H11F3N2O/c1-5-4-16-9-7(14)2-6(10(11,12)13)3-8(9)15-5/h2-3,5,15H,4,14H2,1H3. The molecule has 0 bridgehead atoms. The normalized spacial score (nSPS) is 19.6. The molecule has 0 saturated heterocycles. The number of hydrogen-bond donors (Lipinski definition) is 2. The molecule has 0 spiro atoms. The first-order chi connectivity index (χ1) is 7.38. The fourth-order valence-electron chi connectivity index (χ4n) is 1.60. The maximum Gasteiger partial charge on any atom is 0.416 e.